The van der Waals surface area contributed by atoms with Crippen molar-refractivity contribution in [1.82, 2.24) is 10.2 Å². The quantitative estimate of drug-likeness (QED) is 0.455. The zero-order valence-electron chi connectivity index (χ0n) is 11.3. The van der Waals surface area contributed by atoms with Gasteiger partial charge in [-0.25, -0.2) is 9.59 Å². The van der Waals surface area contributed by atoms with E-state index in [0.717, 1.165) is 11.3 Å². The van der Waals surface area contributed by atoms with Crippen molar-refractivity contribution in [1.29, 1.82) is 0 Å². The van der Waals surface area contributed by atoms with Crippen LogP contribution in [0.5, 0.6) is 0 Å². The number of carbonyl (C=O) groups excluding carboxylic acids is 3. The van der Waals surface area contributed by atoms with Gasteiger partial charge in [-0.1, -0.05) is 11.3 Å². The number of aromatic nitrogens is 2. The Bertz CT molecular complexity index is 667. The molecule has 0 radical (unpaired) electrons. The van der Waals surface area contributed by atoms with Crippen molar-refractivity contribution in [3.05, 3.63) is 16.5 Å². The molecule has 116 valence electrons. The maximum atomic E-state index is 11.6. The van der Waals surface area contributed by atoms with Crippen LogP contribution in [0.3, 0.4) is 0 Å². The van der Waals surface area contributed by atoms with E-state index in [-0.39, 0.29) is 18.2 Å². The predicted molar refractivity (Wildman–Crippen MR) is 70.4 cm³/mol. The summed E-state index contributed by atoms with van der Waals surface area (Å²) in [6.07, 6.45) is -0.788. The molecular formula is C11H10N4O6S. The van der Waals surface area contributed by atoms with Crippen molar-refractivity contribution in [3.63, 3.8) is 0 Å². The summed E-state index contributed by atoms with van der Waals surface area (Å²) in [7, 11) is 0. The topological polar surface area (TPSA) is 140 Å². The molecule has 0 saturated carbocycles. The Hall–Kier alpha value is -2.69. The lowest BCUT2D eigenvalue weighted by Gasteiger charge is -2.07. The molecule has 22 heavy (non-hydrogen) atoms. The summed E-state index contributed by atoms with van der Waals surface area (Å²) >= 11 is 0.997. The number of aliphatic hydroxyl groups excluding tert-OH is 1. The molecule has 1 N–H and O–H groups in total. The summed E-state index contributed by atoms with van der Waals surface area (Å²) < 4.78 is 9.31. The molecule has 0 fully saturated rings. The van der Waals surface area contributed by atoms with E-state index in [0.29, 0.717) is 11.3 Å². The van der Waals surface area contributed by atoms with Gasteiger partial charge in [0.1, 0.15) is 11.3 Å². The van der Waals surface area contributed by atoms with E-state index in [1.165, 1.54) is 0 Å². The van der Waals surface area contributed by atoms with Crippen LogP contribution >= 0.6 is 11.3 Å². The second-order valence-electron chi connectivity index (χ2n) is 3.82. The number of esters is 2. The Morgan fingerprint density at radius 1 is 1.50 bits per heavy atom. The van der Waals surface area contributed by atoms with Crippen LogP contribution in [-0.4, -0.2) is 46.2 Å². The number of aldehydes is 1. The van der Waals surface area contributed by atoms with E-state index in [1.807, 2.05) is 0 Å². The summed E-state index contributed by atoms with van der Waals surface area (Å²) in [5, 5.41) is 24.7. The number of azo groups is 1. The molecule has 0 amide bonds. The molecule has 1 atom stereocenters. The van der Waals surface area contributed by atoms with Crippen LogP contribution in [0.4, 0.5) is 5.13 Å². The largest absolute Gasteiger partial charge is 0.506 e. The minimum Gasteiger partial charge on any atom is -0.506 e. The highest BCUT2D eigenvalue weighted by molar-refractivity contribution is 7.15. The molecule has 2 rings (SSSR count). The first-order valence-electron chi connectivity index (χ1n) is 6.05. The van der Waals surface area contributed by atoms with Crippen molar-refractivity contribution < 1.29 is 29.0 Å². The van der Waals surface area contributed by atoms with Gasteiger partial charge in [-0.05, 0) is 6.92 Å². The summed E-state index contributed by atoms with van der Waals surface area (Å²) in [6, 6.07) is 0. The first kappa shape index (κ1) is 15.7. The highest BCUT2D eigenvalue weighted by Gasteiger charge is 2.40. The molecule has 11 heteroatoms. The summed E-state index contributed by atoms with van der Waals surface area (Å²) in [6.45, 7) is 1.64. The van der Waals surface area contributed by atoms with Crippen LogP contribution in [0.2, 0.25) is 0 Å². The fourth-order valence-corrected chi connectivity index (χ4v) is 2.06. The maximum Gasteiger partial charge on any atom is 0.363 e. The Morgan fingerprint density at radius 3 is 2.95 bits per heavy atom. The van der Waals surface area contributed by atoms with Gasteiger partial charge in [0.25, 0.3) is 11.2 Å². The lowest BCUT2D eigenvalue weighted by Crippen LogP contribution is -2.25. The minimum absolute atomic E-state index is 0.0707. The van der Waals surface area contributed by atoms with Crippen molar-refractivity contribution in [2.45, 2.75) is 19.4 Å². The zero-order valence-corrected chi connectivity index (χ0v) is 12.1. The van der Waals surface area contributed by atoms with Gasteiger partial charge in [0.2, 0.25) is 5.70 Å². The standard InChI is InChI=1S/C11H10N4O6S/c1-2-20-10(19)8-7(17)6(9(18)21-8)13-15-11-14-12-5(22-11)3-4-16/h4,8,17H,2-3H2,1H3. The molecule has 0 saturated heterocycles. The van der Waals surface area contributed by atoms with Gasteiger partial charge in [-0.3, -0.25) is 0 Å². The van der Waals surface area contributed by atoms with Gasteiger partial charge in [-0.2, -0.15) is 0 Å². The molecule has 0 aliphatic carbocycles. The van der Waals surface area contributed by atoms with Crippen LogP contribution in [-0.2, 0) is 30.3 Å². The maximum absolute atomic E-state index is 11.6. The fourth-order valence-electron chi connectivity index (χ4n) is 1.45. The van der Waals surface area contributed by atoms with Crippen LogP contribution < -0.4 is 0 Å². The van der Waals surface area contributed by atoms with Gasteiger partial charge in [0.05, 0.1) is 13.0 Å². The average Bonchev–Trinajstić information content (AvgIpc) is 3.03. The molecular weight excluding hydrogens is 316 g/mol. The first-order valence-corrected chi connectivity index (χ1v) is 6.87. The van der Waals surface area contributed by atoms with Crippen molar-refractivity contribution in [2.24, 2.45) is 10.2 Å². The molecule has 1 aliphatic heterocycles. The summed E-state index contributed by atoms with van der Waals surface area (Å²) in [5.41, 5.74) is -0.509. The molecule has 0 aromatic carbocycles. The lowest BCUT2D eigenvalue weighted by molar-refractivity contribution is -0.161. The zero-order chi connectivity index (χ0) is 16.1. The Balaban J connectivity index is 2.15. The second-order valence-corrected chi connectivity index (χ2v) is 4.86. The van der Waals surface area contributed by atoms with E-state index < -0.39 is 29.5 Å². The molecule has 2 heterocycles. The number of rotatable bonds is 6. The molecule has 10 nitrogen and oxygen atoms in total. The molecule has 1 aliphatic rings. The average molecular weight is 326 g/mol. The number of hydrogen-bond donors (Lipinski definition) is 1. The van der Waals surface area contributed by atoms with Gasteiger partial charge < -0.3 is 19.4 Å². The Morgan fingerprint density at radius 2 is 2.27 bits per heavy atom. The summed E-state index contributed by atoms with van der Waals surface area (Å²) in [4.78, 5) is 33.4. The van der Waals surface area contributed by atoms with Gasteiger partial charge >= 0.3 is 11.9 Å². The minimum atomic E-state index is -1.54. The highest BCUT2D eigenvalue weighted by atomic mass is 32.1. The van der Waals surface area contributed by atoms with E-state index >= 15 is 0 Å². The van der Waals surface area contributed by atoms with Crippen LogP contribution in [0.1, 0.15) is 11.9 Å². The van der Waals surface area contributed by atoms with Gasteiger partial charge in [-0.15, -0.1) is 20.4 Å². The SMILES string of the molecule is CCOC(=O)C1OC(=O)C(N=Nc2nnc(CC=O)s2)=C1O. The number of cyclic esters (lactones) is 1. The number of hydrogen-bond acceptors (Lipinski definition) is 11. The summed E-state index contributed by atoms with van der Waals surface area (Å²) in [5.74, 6) is -2.58. The molecule has 1 aromatic heterocycles. The Kier molecular flexibility index (Phi) is 4.88. The lowest BCUT2D eigenvalue weighted by atomic mass is 10.3. The molecule has 0 spiro atoms. The van der Waals surface area contributed by atoms with E-state index in [2.05, 4.69) is 29.9 Å². The number of carbonyl (C=O) groups is 3. The third-order valence-electron chi connectivity index (χ3n) is 2.36. The van der Waals surface area contributed by atoms with Crippen LogP contribution in [0, 0.1) is 0 Å². The molecule has 1 aromatic rings. The van der Waals surface area contributed by atoms with Crippen molar-refractivity contribution >= 4 is 34.7 Å². The smallest absolute Gasteiger partial charge is 0.363 e. The van der Waals surface area contributed by atoms with E-state index in [4.69, 9.17) is 0 Å². The van der Waals surface area contributed by atoms with Gasteiger partial charge in [0.15, 0.2) is 5.76 Å². The first-order chi connectivity index (χ1) is 10.6. The highest BCUT2D eigenvalue weighted by Crippen LogP contribution is 2.25. The van der Waals surface area contributed by atoms with Crippen molar-refractivity contribution in [3.8, 4) is 0 Å². The van der Waals surface area contributed by atoms with Crippen LogP contribution in [0.15, 0.2) is 21.7 Å². The molecule has 1 unspecified atom stereocenters. The predicted octanol–water partition coefficient (Wildman–Crippen LogP) is 0.621. The third kappa shape index (κ3) is 3.31. The van der Waals surface area contributed by atoms with E-state index in [1.54, 1.807) is 6.92 Å². The van der Waals surface area contributed by atoms with Crippen molar-refractivity contribution in [2.75, 3.05) is 6.61 Å². The Labute approximate surface area is 127 Å². The normalized spacial score (nSPS) is 17.9. The number of nitrogens with zero attached hydrogens (tertiary/aromatic N) is 4. The fraction of sp³-hybridized carbons (Fsp3) is 0.364. The van der Waals surface area contributed by atoms with E-state index in [9.17, 15) is 19.5 Å². The van der Waals surface area contributed by atoms with Gasteiger partial charge in [0, 0.05) is 0 Å². The second kappa shape index (κ2) is 6.85. The van der Waals surface area contributed by atoms with Crippen LogP contribution in [0.25, 0.3) is 0 Å². The number of ether oxygens (including phenoxy) is 2. The monoisotopic (exact) mass is 326 g/mol. The number of aliphatic hydroxyl groups is 1. The third-order valence-corrected chi connectivity index (χ3v) is 3.19. The molecule has 0 bridgehead atoms.